The molecule has 0 unspecified atom stereocenters. The second-order valence-electron chi connectivity index (χ2n) is 7.09. The van der Waals surface area contributed by atoms with Crippen molar-refractivity contribution in [3.63, 3.8) is 0 Å². The van der Waals surface area contributed by atoms with Crippen LogP contribution in [0.15, 0.2) is 73.7 Å². The maximum absolute atomic E-state index is 12.8. The van der Waals surface area contributed by atoms with Crippen molar-refractivity contribution in [3.8, 4) is 0 Å². The largest absolute Gasteiger partial charge is 0.477 e. The van der Waals surface area contributed by atoms with Gasteiger partial charge in [0.2, 0.25) is 6.04 Å². The van der Waals surface area contributed by atoms with Crippen molar-refractivity contribution in [1.29, 1.82) is 0 Å². The van der Waals surface area contributed by atoms with Crippen LogP contribution in [0.3, 0.4) is 0 Å². The standard InChI is InChI=1S/C18H16N4O12S3/c23-17-15(16(18(24)25)21-22(17)12-3-7-14(8-4-12)36(28,29)30)20-19-11-1-5-13(6-2-11)35(26,27)10-9-34-37(31,32)33/h1-8,15H,9-10H2,(H,24,25)(H,28,29,30)(H,31,32,33)/t15-/m1/s1. The molecule has 3 N–H and O–H groups in total. The van der Waals surface area contributed by atoms with E-state index >= 15 is 0 Å². The predicted octanol–water partition coefficient (Wildman–Crippen LogP) is 0.466. The highest BCUT2D eigenvalue weighted by molar-refractivity contribution is 7.91. The molecule has 19 heteroatoms. The van der Waals surface area contributed by atoms with Gasteiger partial charge in [-0.2, -0.15) is 37.2 Å². The van der Waals surface area contributed by atoms with E-state index in [4.69, 9.17) is 9.11 Å². The summed E-state index contributed by atoms with van der Waals surface area (Å²) in [5.41, 5.74) is -0.673. The van der Waals surface area contributed by atoms with Crippen LogP contribution in [0, 0.1) is 0 Å². The Morgan fingerprint density at radius 3 is 2.03 bits per heavy atom. The zero-order valence-electron chi connectivity index (χ0n) is 18.1. The summed E-state index contributed by atoms with van der Waals surface area (Å²) in [5.74, 6) is -3.27. The fraction of sp³-hybridized carbons (Fsp3) is 0.167. The SMILES string of the molecule is O=C(O)C1=NN(c2ccc(S(=O)(=O)O)cc2)C(=O)[C@@H]1N=Nc1ccc(S(=O)(=O)CCOS(=O)(=O)O)cc1. The number of sulfone groups is 1. The second kappa shape index (κ2) is 10.4. The number of hydrogen-bond donors (Lipinski definition) is 3. The Bertz CT molecular complexity index is 1600. The highest BCUT2D eigenvalue weighted by Crippen LogP contribution is 2.25. The molecule has 0 aliphatic carbocycles. The summed E-state index contributed by atoms with van der Waals surface area (Å²) in [5, 5.41) is 21.2. The van der Waals surface area contributed by atoms with Crippen LogP contribution in [-0.2, 0) is 44.1 Å². The Hall–Kier alpha value is -3.62. The van der Waals surface area contributed by atoms with E-state index in [0.29, 0.717) is 5.01 Å². The number of benzene rings is 2. The van der Waals surface area contributed by atoms with Crippen LogP contribution in [0.25, 0.3) is 0 Å². The fourth-order valence-corrected chi connectivity index (χ4v) is 4.83. The molecule has 37 heavy (non-hydrogen) atoms. The molecule has 0 saturated carbocycles. The molecule has 0 bridgehead atoms. The molecule has 0 radical (unpaired) electrons. The van der Waals surface area contributed by atoms with Crippen molar-refractivity contribution in [2.45, 2.75) is 15.8 Å². The van der Waals surface area contributed by atoms with E-state index in [1.165, 1.54) is 12.1 Å². The molecule has 1 aliphatic rings. The summed E-state index contributed by atoms with van der Waals surface area (Å²) in [6.07, 6.45) is 0. The smallest absolute Gasteiger partial charge is 0.397 e. The molecule has 1 atom stereocenters. The Balaban J connectivity index is 1.77. The van der Waals surface area contributed by atoms with Crippen molar-refractivity contribution < 1.29 is 53.2 Å². The molecule has 1 aliphatic heterocycles. The number of amides is 1. The lowest BCUT2D eigenvalue weighted by Gasteiger charge is -2.12. The van der Waals surface area contributed by atoms with E-state index in [1.807, 2.05) is 0 Å². The van der Waals surface area contributed by atoms with Gasteiger partial charge < -0.3 is 5.11 Å². The zero-order valence-corrected chi connectivity index (χ0v) is 20.6. The minimum absolute atomic E-state index is 0.0126. The summed E-state index contributed by atoms with van der Waals surface area (Å²) in [7, 11) is -13.3. The molecule has 0 fully saturated rings. The van der Waals surface area contributed by atoms with Gasteiger partial charge in [-0.25, -0.2) is 17.4 Å². The third-order valence-corrected chi connectivity index (χ3v) is 7.60. The minimum Gasteiger partial charge on any atom is -0.477 e. The van der Waals surface area contributed by atoms with E-state index in [-0.39, 0.29) is 16.3 Å². The lowest BCUT2D eigenvalue weighted by atomic mass is 10.2. The van der Waals surface area contributed by atoms with E-state index in [0.717, 1.165) is 36.4 Å². The number of carbonyl (C=O) groups is 2. The van der Waals surface area contributed by atoms with Crippen LogP contribution in [0.4, 0.5) is 11.4 Å². The van der Waals surface area contributed by atoms with Crippen molar-refractivity contribution in [3.05, 3.63) is 48.5 Å². The number of azo groups is 1. The van der Waals surface area contributed by atoms with Crippen molar-refractivity contribution in [2.75, 3.05) is 17.4 Å². The van der Waals surface area contributed by atoms with Gasteiger partial charge in [-0.15, -0.1) is 0 Å². The monoisotopic (exact) mass is 576 g/mol. The van der Waals surface area contributed by atoms with Gasteiger partial charge in [-0.05, 0) is 48.5 Å². The summed E-state index contributed by atoms with van der Waals surface area (Å²) in [6.45, 7) is -0.821. The molecule has 198 valence electrons. The number of carboxylic acids is 1. The molecular weight excluding hydrogens is 560 g/mol. The Morgan fingerprint density at radius 2 is 1.51 bits per heavy atom. The average molecular weight is 577 g/mol. The Morgan fingerprint density at radius 1 is 0.946 bits per heavy atom. The highest BCUT2D eigenvalue weighted by atomic mass is 32.3. The molecule has 0 spiro atoms. The zero-order chi connectivity index (χ0) is 27.6. The summed E-state index contributed by atoms with van der Waals surface area (Å²) in [4.78, 5) is 23.6. The third-order valence-electron chi connectivity index (χ3n) is 4.58. The number of anilines is 1. The van der Waals surface area contributed by atoms with Gasteiger partial charge in [0.05, 0.1) is 33.5 Å². The maximum atomic E-state index is 12.8. The molecule has 0 aromatic heterocycles. The lowest BCUT2D eigenvalue weighted by Crippen LogP contribution is -2.33. The number of carboxylic acid groups (broad SMARTS) is 1. The molecule has 3 rings (SSSR count). The summed E-state index contributed by atoms with van der Waals surface area (Å²) in [6, 6.07) is 7.07. The predicted molar refractivity (Wildman–Crippen MR) is 123 cm³/mol. The number of nitrogens with zero attached hydrogens (tertiary/aromatic N) is 4. The molecule has 2 aromatic rings. The van der Waals surface area contributed by atoms with E-state index < -0.39 is 71.2 Å². The Labute approximate surface area is 209 Å². The first-order valence-electron chi connectivity index (χ1n) is 9.67. The molecule has 0 saturated heterocycles. The first kappa shape index (κ1) is 28.0. The van der Waals surface area contributed by atoms with Gasteiger partial charge in [0.25, 0.3) is 16.0 Å². The van der Waals surface area contributed by atoms with Gasteiger partial charge in [0.1, 0.15) is 0 Å². The number of rotatable bonds is 10. The molecule has 1 heterocycles. The summed E-state index contributed by atoms with van der Waals surface area (Å²) >= 11 is 0. The Kier molecular flexibility index (Phi) is 7.86. The fourth-order valence-electron chi connectivity index (χ4n) is 2.86. The number of carbonyl (C=O) groups excluding carboxylic acids is 1. The molecule has 2 aromatic carbocycles. The highest BCUT2D eigenvalue weighted by Gasteiger charge is 2.41. The van der Waals surface area contributed by atoms with Gasteiger partial charge >= 0.3 is 16.4 Å². The quantitative estimate of drug-likeness (QED) is 0.258. The first-order valence-corrected chi connectivity index (χ1v) is 14.1. The lowest BCUT2D eigenvalue weighted by molar-refractivity contribution is -0.130. The van der Waals surface area contributed by atoms with Crippen LogP contribution in [0.5, 0.6) is 0 Å². The maximum Gasteiger partial charge on any atom is 0.397 e. The van der Waals surface area contributed by atoms with Crippen molar-refractivity contribution in [2.24, 2.45) is 15.3 Å². The molecule has 16 nitrogen and oxygen atoms in total. The number of aliphatic carboxylic acids is 1. The van der Waals surface area contributed by atoms with Crippen LogP contribution in [0.2, 0.25) is 0 Å². The normalized spacial score (nSPS) is 16.8. The van der Waals surface area contributed by atoms with Gasteiger partial charge in [0, 0.05) is 0 Å². The average Bonchev–Trinajstić information content (AvgIpc) is 3.13. The van der Waals surface area contributed by atoms with Crippen LogP contribution >= 0.6 is 0 Å². The van der Waals surface area contributed by atoms with Gasteiger partial charge in [-0.1, -0.05) is 0 Å². The molecule has 1 amide bonds. The first-order chi connectivity index (χ1) is 17.1. The number of hydrazone groups is 1. The molecular formula is C18H16N4O12S3. The van der Waals surface area contributed by atoms with E-state index in [9.17, 15) is 39.9 Å². The third kappa shape index (κ3) is 6.99. The van der Waals surface area contributed by atoms with Gasteiger partial charge in [0.15, 0.2) is 15.5 Å². The van der Waals surface area contributed by atoms with Crippen LogP contribution < -0.4 is 5.01 Å². The van der Waals surface area contributed by atoms with Gasteiger partial charge in [-0.3, -0.25) is 13.9 Å². The van der Waals surface area contributed by atoms with Crippen LogP contribution in [-0.4, -0.2) is 75.5 Å². The van der Waals surface area contributed by atoms with E-state index in [2.05, 4.69) is 19.5 Å². The van der Waals surface area contributed by atoms with Crippen LogP contribution in [0.1, 0.15) is 0 Å². The van der Waals surface area contributed by atoms with Crippen molar-refractivity contribution >= 4 is 59.3 Å². The topological polar surface area (TPSA) is 247 Å². The number of hydrogen-bond acceptors (Lipinski definition) is 12. The minimum atomic E-state index is -4.80. The van der Waals surface area contributed by atoms with Crippen molar-refractivity contribution in [1.82, 2.24) is 0 Å². The second-order valence-corrected chi connectivity index (χ2v) is 11.7. The van der Waals surface area contributed by atoms with E-state index in [1.54, 1.807) is 0 Å². The summed E-state index contributed by atoms with van der Waals surface area (Å²) < 4.78 is 89.4.